The van der Waals surface area contributed by atoms with Crippen LogP contribution in [0.2, 0.25) is 0 Å². The highest BCUT2D eigenvalue weighted by molar-refractivity contribution is 6.32. The normalized spacial score (nSPS) is 38.1. The minimum absolute atomic E-state index is 0.0387. The van der Waals surface area contributed by atoms with Crippen molar-refractivity contribution in [2.24, 2.45) is 46.3 Å². The summed E-state index contributed by atoms with van der Waals surface area (Å²) < 4.78 is 0. The Balaban J connectivity index is 1.62. The van der Waals surface area contributed by atoms with Crippen molar-refractivity contribution in [3.8, 4) is 5.75 Å². The van der Waals surface area contributed by atoms with E-state index in [4.69, 9.17) is 0 Å². The lowest BCUT2D eigenvalue weighted by molar-refractivity contribution is -0.205. The van der Waals surface area contributed by atoms with E-state index in [2.05, 4.69) is 13.5 Å². The van der Waals surface area contributed by atoms with Gasteiger partial charge in [0.15, 0.2) is 28.7 Å². The van der Waals surface area contributed by atoms with Gasteiger partial charge < -0.3 is 10.2 Å². The summed E-state index contributed by atoms with van der Waals surface area (Å²) in [5.41, 5.74) is -2.89. The van der Waals surface area contributed by atoms with Crippen LogP contribution in [0.25, 0.3) is 5.57 Å². The van der Waals surface area contributed by atoms with E-state index in [9.17, 15) is 34.2 Å². The minimum atomic E-state index is -2.68. The van der Waals surface area contributed by atoms with Gasteiger partial charge in [0, 0.05) is 11.3 Å². The fraction of sp³-hybridized carbons (Fsp3) is 0.629. The fourth-order valence-electron chi connectivity index (χ4n) is 9.46. The Bertz CT molecular complexity index is 1410. The first-order valence-electron chi connectivity index (χ1n) is 15.4. The molecule has 42 heavy (non-hydrogen) atoms. The van der Waals surface area contributed by atoms with Gasteiger partial charge in [-0.3, -0.25) is 24.0 Å². The molecule has 7 heteroatoms. The number of phenols is 1. The van der Waals surface area contributed by atoms with E-state index >= 15 is 0 Å². The third kappa shape index (κ3) is 4.13. The van der Waals surface area contributed by atoms with Crippen LogP contribution >= 0.6 is 0 Å². The maximum absolute atomic E-state index is 14.4. The number of allylic oxidation sites excluding steroid dienone is 1. The van der Waals surface area contributed by atoms with E-state index in [-0.39, 0.29) is 30.1 Å². The fourth-order valence-corrected chi connectivity index (χ4v) is 9.46. The molecular weight excluding hydrogens is 532 g/mol. The number of Topliss-reactive ketones (excluding diaryl/α,β-unsaturated/α-hetero) is 5. The molecule has 0 bridgehead atoms. The molecule has 0 aliphatic heterocycles. The van der Waals surface area contributed by atoms with Gasteiger partial charge in [-0.2, -0.15) is 0 Å². The van der Waals surface area contributed by atoms with Gasteiger partial charge in [0.05, 0.1) is 11.5 Å². The van der Waals surface area contributed by atoms with Crippen LogP contribution in [0.15, 0.2) is 18.7 Å². The van der Waals surface area contributed by atoms with Gasteiger partial charge in [0.1, 0.15) is 17.5 Å². The van der Waals surface area contributed by atoms with E-state index in [1.54, 1.807) is 26.8 Å². The lowest BCUT2D eigenvalue weighted by Crippen LogP contribution is -2.76. The second kappa shape index (κ2) is 10.1. The van der Waals surface area contributed by atoms with E-state index in [0.717, 1.165) is 37.3 Å². The molecule has 3 unspecified atom stereocenters. The van der Waals surface area contributed by atoms with Crippen LogP contribution in [0, 0.1) is 46.3 Å². The Labute approximate surface area is 248 Å². The summed E-state index contributed by atoms with van der Waals surface area (Å²) in [7, 11) is 0. The number of hydrogen-bond acceptors (Lipinski definition) is 7. The van der Waals surface area contributed by atoms with Crippen LogP contribution in [-0.2, 0) is 25.6 Å². The molecule has 7 nitrogen and oxygen atoms in total. The van der Waals surface area contributed by atoms with Gasteiger partial charge in [-0.1, -0.05) is 60.1 Å². The number of aromatic hydroxyl groups is 1. The average Bonchev–Trinajstić information content (AvgIpc) is 2.87. The first-order valence-corrected chi connectivity index (χ1v) is 15.4. The Hall–Kier alpha value is -2.93. The topological polar surface area (TPSA) is 126 Å². The lowest BCUT2D eigenvalue weighted by Gasteiger charge is -2.62. The van der Waals surface area contributed by atoms with Crippen molar-refractivity contribution < 1.29 is 34.2 Å². The number of hydrogen-bond donors (Lipinski definition) is 2. The maximum atomic E-state index is 14.4. The van der Waals surface area contributed by atoms with Crippen molar-refractivity contribution in [2.75, 3.05) is 0 Å². The average molecular weight is 577 g/mol. The zero-order valence-electron chi connectivity index (χ0n) is 25.7. The second-order valence-electron chi connectivity index (χ2n) is 14.7. The number of ketones is 5. The number of rotatable bonds is 5. The Kier molecular flexibility index (Phi) is 7.32. The van der Waals surface area contributed by atoms with Crippen LogP contribution in [0.3, 0.4) is 0 Å². The maximum Gasteiger partial charge on any atom is 0.190 e. The molecule has 226 valence electrons. The molecule has 3 fully saturated rings. The van der Waals surface area contributed by atoms with Gasteiger partial charge in [0.2, 0.25) is 0 Å². The summed E-state index contributed by atoms with van der Waals surface area (Å²) >= 11 is 0. The lowest BCUT2D eigenvalue weighted by atomic mass is 9.40. The van der Waals surface area contributed by atoms with E-state index in [0.29, 0.717) is 17.4 Å². The Morgan fingerprint density at radius 2 is 1.67 bits per heavy atom. The van der Waals surface area contributed by atoms with Crippen LogP contribution < -0.4 is 0 Å². The SMILES string of the molecule is C=C(CC1CCC(C)CC1)c1ccc(O)c2c1C[C@]1(C)C[C@]3(C)C(C(C)C)C(=O)C(C(C)=O)C(=O)[C@]3(O)C(=O)C1C2=O. The molecule has 0 spiro atoms. The predicted octanol–water partition coefficient (Wildman–Crippen LogP) is 5.32. The van der Waals surface area contributed by atoms with Crippen LogP contribution in [-0.4, -0.2) is 44.7 Å². The quantitative estimate of drug-likeness (QED) is 0.454. The van der Waals surface area contributed by atoms with E-state index in [1.807, 2.05) is 6.92 Å². The number of carbonyl (C=O) groups is 5. The molecule has 0 aromatic heterocycles. The number of carbonyl (C=O) groups excluding carboxylic acids is 5. The molecule has 3 saturated carbocycles. The summed E-state index contributed by atoms with van der Waals surface area (Å²) in [5, 5.41) is 23.1. The van der Waals surface area contributed by atoms with Crippen LogP contribution in [0.1, 0.15) is 102 Å². The first kappa shape index (κ1) is 30.5. The number of aliphatic hydroxyl groups is 1. The Morgan fingerprint density at radius 3 is 2.24 bits per heavy atom. The van der Waals surface area contributed by atoms with Crippen molar-refractivity contribution in [2.45, 2.75) is 92.1 Å². The molecule has 4 aliphatic carbocycles. The standard InChI is InChI=1S/C35H44O7/c1-17(2)27-29(38)25(20(5)36)31(40)35(42)32(41)28-30(39)26-23(15-33(28,6)16-34(27,35)7)22(12-13-24(26)37)19(4)14-21-10-8-18(3)9-11-21/h12-13,17-18,21,25,27-28,37,42H,4,8-11,14-16H2,1-3,5-7H3/t18?,21?,25?,27?,28?,33-,34-,35+/m1/s1. The predicted molar refractivity (Wildman–Crippen MR) is 158 cm³/mol. The molecule has 0 amide bonds. The molecule has 1 aromatic carbocycles. The second-order valence-corrected chi connectivity index (χ2v) is 14.7. The Morgan fingerprint density at radius 1 is 1.05 bits per heavy atom. The third-order valence-corrected chi connectivity index (χ3v) is 11.3. The van der Waals surface area contributed by atoms with Crippen molar-refractivity contribution in [1.82, 2.24) is 0 Å². The zero-order chi connectivity index (χ0) is 31.1. The molecule has 0 saturated heterocycles. The highest BCUT2D eigenvalue weighted by Gasteiger charge is 2.76. The summed E-state index contributed by atoms with van der Waals surface area (Å²) in [6, 6.07) is 3.25. The first-order chi connectivity index (χ1) is 19.5. The van der Waals surface area contributed by atoms with Gasteiger partial charge in [0.25, 0.3) is 0 Å². The monoisotopic (exact) mass is 576 g/mol. The number of benzene rings is 1. The van der Waals surface area contributed by atoms with Crippen molar-refractivity contribution >= 4 is 34.5 Å². The summed E-state index contributed by atoms with van der Waals surface area (Å²) in [4.78, 5) is 68.6. The molecular formula is C35H44O7. The highest BCUT2D eigenvalue weighted by Crippen LogP contribution is 2.64. The highest BCUT2D eigenvalue weighted by atomic mass is 16.3. The van der Waals surface area contributed by atoms with Crippen LogP contribution in [0.4, 0.5) is 0 Å². The molecule has 5 rings (SSSR count). The molecule has 2 N–H and O–H groups in total. The van der Waals surface area contributed by atoms with Crippen molar-refractivity contribution in [3.63, 3.8) is 0 Å². The smallest absolute Gasteiger partial charge is 0.190 e. The van der Waals surface area contributed by atoms with E-state index < -0.39 is 63.1 Å². The minimum Gasteiger partial charge on any atom is -0.507 e. The zero-order valence-corrected chi connectivity index (χ0v) is 25.7. The van der Waals surface area contributed by atoms with Gasteiger partial charge >= 0.3 is 0 Å². The van der Waals surface area contributed by atoms with Crippen molar-refractivity contribution in [1.29, 1.82) is 0 Å². The van der Waals surface area contributed by atoms with Crippen molar-refractivity contribution in [3.05, 3.63) is 35.4 Å². The van der Waals surface area contributed by atoms with Crippen LogP contribution in [0.5, 0.6) is 5.75 Å². The van der Waals surface area contributed by atoms with E-state index in [1.165, 1.54) is 18.9 Å². The summed E-state index contributed by atoms with van der Waals surface area (Å²) in [5.74, 6) is -7.54. The largest absolute Gasteiger partial charge is 0.507 e. The number of fused-ring (bicyclic) bond motifs is 3. The molecule has 0 radical (unpaired) electrons. The third-order valence-electron chi connectivity index (χ3n) is 11.3. The summed E-state index contributed by atoms with van der Waals surface area (Å²) in [6.07, 6.45) is 5.64. The number of phenolic OH excluding ortho intramolecular Hbond substituents is 1. The molecule has 0 heterocycles. The molecule has 6 atom stereocenters. The van der Waals surface area contributed by atoms with Gasteiger partial charge in [-0.05, 0) is 85.0 Å². The summed E-state index contributed by atoms with van der Waals surface area (Å²) in [6.45, 7) is 14.8. The molecule has 4 aliphatic rings. The van der Waals surface area contributed by atoms with Gasteiger partial charge in [-0.25, -0.2) is 0 Å². The molecule has 1 aromatic rings. The van der Waals surface area contributed by atoms with Gasteiger partial charge in [-0.15, -0.1) is 0 Å².